The molecule has 0 radical (unpaired) electrons. The molecule has 0 spiro atoms. The smallest absolute Gasteiger partial charge is 0.254 e. The molecule has 5 rings (SSSR count). The second-order valence-electron chi connectivity index (χ2n) is 10.1. The van der Waals surface area contributed by atoms with Gasteiger partial charge in [0, 0.05) is 30.3 Å². The van der Waals surface area contributed by atoms with Gasteiger partial charge in [-0.3, -0.25) is 4.79 Å². The van der Waals surface area contributed by atoms with Crippen molar-refractivity contribution in [3.63, 3.8) is 0 Å². The van der Waals surface area contributed by atoms with Crippen LogP contribution >= 0.6 is 0 Å². The molecule has 0 saturated carbocycles. The Bertz CT molecular complexity index is 1370. The molecule has 212 valence electrons. The number of hydrogen-bond acceptors (Lipinski definition) is 5. The molecule has 1 aliphatic rings. The van der Waals surface area contributed by atoms with Gasteiger partial charge < -0.3 is 20.3 Å². The summed E-state index contributed by atoms with van der Waals surface area (Å²) in [5.74, 6) is -1.63. The van der Waals surface area contributed by atoms with E-state index in [2.05, 4.69) is 10.6 Å². The highest BCUT2D eigenvalue weighted by molar-refractivity contribution is 7.89. The van der Waals surface area contributed by atoms with Gasteiger partial charge in [0.25, 0.3) is 5.91 Å². The van der Waals surface area contributed by atoms with Crippen LogP contribution < -0.4 is 10.6 Å². The SMILES string of the molecule is O=C(Nc1cccc(F)c1CC[C@H]1CNCCN1[S+]([O-])c1ccccc1)[C@H](O)C(c1ccccc1)c1ccccc1. The molecular weight excluding hydrogens is 537 g/mol. The van der Waals surface area contributed by atoms with Crippen LogP contribution in [0.15, 0.2) is 114 Å². The molecule has 41 heavy (non-hydrogen) atoms. The van der Waals surface area contributed by atoms with E-state index >= 15 is 4.39 Å². The van der Waals surface area contributed by atoms with Crippen LogP contribution in [0.1, 0.15) is 29.0 Å². The van der Waals surface area contributed by atoms with Gasteiger partial charge in [-0.15, -0.1) is 4.31 Å². The quantitative estimate of drug-likeness (QED) is 0.236. The zero-order valence-corrected chi connectivity index (χ0v) is 23.5. The first-order valence-electron chi connectivity index (χ1n) is 13.8. The lowest BCUT2D eigenvalue weighted by atomic mass is 9.86. The molecular formula is C33H34FN3O3S. The number of hydrogen-bond donors (Lipinski definition) is 3. The average Bonchev–Trinajstić information content (AvgIpc) is 3.02. The number of piperazine rings is 1. The van der Waals surface area contributed by atoms with Crippen LogP contribution in [0.25, 0.3) is 0 Å². The maximum atomic E-state index is 15.2. The average molecular weight is 572 g/mol. The Hall–Kier alpha value is -3.53. The van der Waals surface area contributed by atoms with E-state index in [4.69, 9.17) is 0 Å². The fourth-order valence-electron chi connectivity index (χ4n) is 5.36. The van der Waals surface area contributed by atoms with E-state index in [0.29, 0.717) is 37.2 Å². The highest BCUT2D eigenvalue weighted by atomic mass is 32.2. The number of aliphatic hydroxyl groups excluding tert-OH is 1. The lowest BCUT2D eigenvalue weighted by molar-refractivity contribution is -0.124. The van der Waals surface area contributed by atoms with E-state index < -0.39 is 35.1 Å². The second kappa shape index (κ2) is 13.9. The standard InChI is InChI=1S/C33H34FN3O3S/c34-29-17-10-18-30(28(29)20-19-26-23-35-21-22-37(26)41(40)27-15-8-3-9-16-27)36-33(39)32(38)31(24-11-4-1-5-12-24)25-13-6-2-7-14-25/h1-18,26,31-32,35,38H,19-23H2,(H,36,39)/t26-,32+,41?/m0/s1. The van der Waals surface area contributed by atoms with Crippen molar-refractivity contribution in [2.45, 2.75) is 35.8 Å². The van der Waals surface area contributed by atoms with Gasteiger partial charge in [0.05, 0.1) is 23.9 Å². The predicted octanol–water partition coefficient (Wildman–Crippen LogP) is 4.89. The first-order valence-corrected chi connectivity index (χ1v) is 14.9. The Kier molecular flexibility index (Phi) is 9.82. The first kappa shape index (κ1) is 29.0. The summed E-state index contributed by atoms with van der Waals surface area (Å²) < 4.78 is 30.4. The largest absolute Gasteiger partial charge is 0.593 e. The van der Waals surface area contributed by atoms with Crippen molar-refractivity contribution >= 4 is 23.0 Å². The van der Waals surface area contributed by atoms with Crippen molar-refractivity contribution in [3.8, 4) is 0 Å². The maximum absolute atomic E-state index is 15.2. The Morgan fingerprint density at radius 1 is 0.951 bits per heavy atom. The third kappa shape index (κ3) is 7.04. The van der Waals surface area contributed by atoms with Crippen LogP contribution in [0.5, 0.6) is 0 Å². The van der Waals surface area contributed by atoms with E-state index in [-0.39, 0.29) is 6.04 Å². The van der Waals surface area contributed by atoms with Crippen LogP contribution in [0.4, 0.5) is 10.1 Å². The fraction of sp³-hybridized carbons (Fsp3) is 0.242. The monoisotopic (exact) mass is 571 g/mol. The number of benzene rings is 4. The summed E-state index contributed by atoms with van der Waals surface area (Å²) in [4.78, 5) is 14.2. The number of carbonyl (C=O) groups excluding carboxylic acids is 1. The van der Waals surface area contributed by atoms with Crippen LogP contribution in [0.3, 0.4) is 0 Å². The third-order valence-corrected chi connectivity index (χ3v) is 9.04. The molecule has 1 amide bonds. The fourth-order valence-corrected chi connectivity index (χ4v) is 6.72. The van der Waals surface area contributed by atoms with Crippen LogP contribution in [-0.4, -0.2) is 51.7 Å². The minimum Gasteiger partial charge on any atom is -0.593 e. The van der Waals surface area contributed by atoms with Gasteiger partial charge in [-0.1, -0.05) is 84.9 Å². The number of nitrogens with zero attached hydrogens (tertiary/aromatic N) is 1. The molecule has 1 unspecified atom stereocenters. The molecule has 4 aromatic rings. The molecule has 0 aliphatic carbocycles. The van der Waals surface area contributed by atoms with Crippen molar-refractivity contribution in [2.75, 3.05) is 25.0 Å². The van der Waals surface area contributed by atoms with Gasteiger partial charge in [-0.25, -0.2) is 4.39 Å². The van der Waals surface area contributed by atoms with Gasteiger partial charge in [0.1, 0.15) is 11.9 Å². The highest BCUT2D eigenvalue weighted by Gasteiger charge is 2.34. The Labute approximate surface area is 243 Å². The van der Waals surface area contributed by atoms with Gasteiger partial charge >= 0.3 is 0 Å². The van der Waals surface area contributed by atoms with Gasteiger partial charge in [0.2, 0.25) is 0 Å². The predicted molar refractivity (Wildman–Crippen MR) is 160 cm³/mol. The van der Waals surface area contributed by atoms with E-state index in [1.165, 1.54) is 6.07 Å². The molecule has 1 aliphatic heterocycles. The van der Waals surface area contributed by atoms with Crippen LogP contribution in [0, 0.1) is 5.82 Å². The molecule has 0 aromatic heterocycles. The molecule has 4 aromatic carbocycles. The topological polar surface area (TPSA) is 87.7 Å². The lowest BCUT2D eigenvalue weighted by Crippen LogP contribution is -2.53. The van der Waals surface area contributed by atoms with Gasteiger partial charge in [0.15, 0.2) is 4.90 Å². The number of amides is 1. The molecule has 8 heteroatoms. The Morgan fingerprint density at radius 2 is 1.56 bits per heavy atom. The van der Waals surface area contributed by atoms with Crippen LogP contribution in [-0.2, 0) is 22.6 Å². The number of aliphatic hydroxyl groups is 1. The molecule has 1 saturated heterocycles. The number of nitrogens with one attached hydrogen (secondary N) is 2. The molecule has 3 atom stereocenters. The highest BCUT2D eigenvalue weighted by Crippen LogP contribution is 2.30. The summed E-state index contributed by atoms with van der Waals surface area (Å²) in [5.41, 5.74) is 2.29. The van der Waals surface area contributed by atoms with Crippen molar-refractivity contribution in [2.24, 2.45) is 0 Å². The minimum atomic E-state index is -1.40. The summed E-state index contributed by atoms with van der Waals surface area (Å²) in [5, 5.41) is 17.4. The lowest BCUT2D eigenvalue weighted by Gasteiger charge is -2.35. The summed E-state index contributed by atoms with van der Waals surface area (Å²) in [6.45, 7) is 1.96. The summed E-state index contributed by atoms with van der Waals surface area (Å²) in [6.07, 6.45) is -0.537. The van der Waals surface area contributed by atoms with Gasteiger partial charge in [-0.2, -0.15) is 0 Å². The number of halogens is 1. The van der Waals surface area contributed by atoms with Crippen molar-refractivity contribution in [1.29, 1.82) is 0 Å². The molecule has 1 fully saturated rings. The summed E-state index contributed by atoms with van der Waals surface area (Å²) >= 11 is -1.33. The van der Waals surface area contributed by atoms with E-state index in [9.17, 15) is 14.5 Å². The zero-order chi connectivity index (χ0) is 28.6. The maximum Gasteiger partial charge on any atom is 0.254 e. The molecule has 1 heterocycles. The van der Waals surface area contributed by atoms with Crippen molar-refractivity contribution in [1.82, 2.24) is 9.62 Å². The molecule has 0 bridgehead atoms. The minimum absolute atomic E-state index is 0.0842. The zero-order valence-electron chi connectivity index (χ0n) is 22.7. The van der Waals surface area contributed by atoms with Crippen LogP contribution in [0.2, 0.25) is 0 Å². The summed E-state index contributed by atoms with van der Waals surface area (Å²) in [7, 11) is 0. The van der Waals surface area contributed by atoms with E-state index in [0.717, 1.165) is 22.6 Å². The number of carbonyl (C=O) groups is 1. The molecule has 6 nitrogen and oxygen atoms in total. The first-order chi connectivity index (χ1) is 20.0. The van der Waals surface area contributed by atoms with Gasteiger partial charge in [-0.05, 0) is 48.2 Å². The number of rotatable bonds is 10. The number of anilines is 1. The van der Waals surface area contributed by atoms with E-state index in [1.54, 1.807) is 12.1 Å². The van der Waals surface area contributed by atoms with Crippen molar-refractivity contribution in [3.05, 3.63) is 132 Å². The Balaban J connectivity index is 1.33. The van der Waals surface area contributed by atoms with E-state index in [1.807, 2.05) is 95.3 Å². The summed E-state index contributed by atoms with van der Waals surface area (Å²) in [6, 6.07) is 32.6. The van der Waals surface area contributed by atoms with Crippen molar-refractivity contribution < 1.29 is 18.8 Å². The normalized spacial score (nSPS) is 17.2. The molecule has 3 N–H and O–H groups in total. The third-order valence-electron chi connectivity index (χ3n) is 7.46. The Morgan fingerprint density at radius 3 is 2.20 bits per heavy atom. The second-order valence-corrected chi connectivity index (χ2v) is 11.5.